The van der Waals surface area contributed by atoms with Gasteiger partial charge in [0, 0.05) is 24.7 Å². The van der Waals surface area contributed by atoms with Crippen molar-refractivity contribution in [2.24, 2.45) is 10.1 Å². The zero-order valence-corrected chi connectivity index (χ0v) is 16.1. The molecule has 0 aliphatic carbocycles. The molecule has 1 unspecified atom stereocenters. The Hall–Kier alpha value is -2.79. The number of likely N-dealkylation sites (tertiary alicyclic amines) is 1. The van der Waals surface area contributed by atoms with E-state index >= 15 is 0 Å². The maximum absolute atomic E-state index is 11.8. The highest BCUT2D eigenvalue weighted by Crippen LogP contribution is 2.17. The Morgan fingerprint density at radius 1 is 1.00 bits per heavy atom. The molecule has 0 amide bonds. The highest BCUT2D eigenvalue weighted by molar-refractivity contribution is 6.53. The van der Waals surface area contributed by atoms with Crippen molar-refractivity contribution in [3.8, 4) is 0 Å². The normalized spacial score (nSPS) is 21.3. The molecule has 1 aliphatic rings. The van der Waals surface area contributed by atoms with Crippen molar-refractivity contribution in [1.82, 2.24) is 10.3 Å². The molecule has 0 bridgehead atoms. The lowest BCUT2D eigenvalue weighted by Gasteiger charge is -2.15. The molecule has 0 saturated carbocycles. The van der Waals surface area contributed by atoms with E-state index in [1.165, 1.54) is 0 Å². The highest BCUT2D eigenvalue weighted by atomic mass is 16.1. The van der Waals surface area contributed by atoms with Crippen LogP contribution in [0.15, 0.2) is 70.8 Å². The molecular formula is C22H26N4O. The van der Waals surface area contributed by atoms with E-state index < -0.39 is 0 Å². The SMILES string of the molecule is C/N=C(\C(=N/N[C@@H]1CC(C(C)=O)N(C)C1)c1ccccc1)c1ccccc1. The van der Waals surface area contributed by atoms with Crippen LogP contribution in [0.1, 0.15) is 24.5 Å². The number of rotatable bonds is 6. The van der Waals surface area contributed by atoms with Gasteiger partial charge in [0.05, 0.1) is 17.8 Å². The Bertz CT molecular complexity index is 830. The van der Waals surface area contributed by atoms with Crippen molar-refractivity contribution in [2.75, 3.05) is 20.6 Å². The predicted molar refractivity (Wildman–Crippen MR) is 111 cm³/mol. The van der Waals surface area contributed by atoms with Gasteiger partial charge >= 0.3 is 0 Å². The second kappa shape index (κ2) is 8.73. The highest BCUT2D eigenvalue weighted by Gasteiger charge is 2.32. The van der Waals surface area contributed by atoms with Crippen molar-refractivity contribution < 1.29 is 4.79 Å². The van der Waals surface area contributed by atoms with Gasteiger partial charge in [-0.2, -0.15) is 5.10 Å². The first-order valence-corrected chi connectivity index (χ1v) is 9.22. The van der Waals surface area contributed by atoms with Crippen LogP contribution in [0.4, 0.5) is 0 Å². The van der Waals surface area contributed by atoms with Gasteiger partial charge in [0.2, 0.25) is 0 Å². The van der Waals surface area contributed by atoms with Crippen LogP contribution in [0.5, 0.6) is 0 Å². The summed E-state index contributed by atoms with van der Waals surface area (Å²) in [4.78, 5) is 18.4. The number of hydrogen-bond acceptors (Lipinski definition) is 5. The molecule has 1 fully saturated rings. The van der Waals surface area contributed by atoms with Crippen LogP contribution in [-0.2, 0) is 4.79 Å². The van der Waals surface area contributed by atoms with Gasteiger partial charge in [0.25, 0.3) is 0 Å². The summed E-state index contributed by atoms with van der Waals surface area (Å²) in [5.41, 5.74) is 6.96. The zero-order valence-electron chi connectivity index (χ0n) is 16.1. The summed E-state index contributed by atoms with van der Waals surface area (Å²) in [6, 6.07) is 20.2. The number of hydrogen-bond donors (Lipinski definition) is 1. The van der Waals surface area contributed by atoms with Crippen LogP contribution in [0.3, 0.4) is 0 Å². The second-order valence-electron chi connectivity index (χ2n) is 6.89. The van der Waals surface area contributed by atoms with Gasteiger partial charge in [0.15, 0.2) is 0 Å². The van der Waals surface area contributed by atoms with Crippen molar-refractivity contribution in [2.45, 2.75) is 25.4 Å². The molecule has 5 nitrogen and oxygen atoms in total. The first kappa shape index (κ1) is 19.0. The number of carbonyl (C=O) groups excluding carboxylic acids is 1. The minimum Gasteiger partial charge on any atom is -0.305 e. The van der Waals surface area contributed by atoms with Crippen LogP contribution in [0, 0.1) is 0 Å². The van der Waals surface area contributed by atoms with Crippen LogP contribution < -0.4 is 5.43 Å². The molecule has 140 valence electrons. The van der Waals surface area contributed by atoms with E-state index in [4.69, 9.17) is 5.10 Å². The summed E-state index contributed by atoms with van der Waals surface area (Å²) in [7, 11) is 3.77. The molecule has 1 N–H and O–H groups in total. The average Bonchev–Trinajstić information content (AvgIpc) is 3.07. The number of ketones is 1. The minimum absolute atomic E-state index is 0.0358. The van der Waals surface area contributed by atoms with E-state index in [1.54, 1.807) is 14.0 Å². The second-order valence-corrected chi connectivity index (χ2v) is 6.89. The number of nitrogens with zero attached hydrogens (tertiary/aromatic N) is 3. The first-order chi connectivity index (χ1) is 13.1. The number of aliphatic imine (C=N–C) groups is 1. The molecule has 2 aromatic carbocycles. The van der Waals surface area contributed by atoms with Gasteiger partial charge in [-0.05, 0) is 20.4 Å². The van der Waals surface area contributed by atoms with Crippen molar-refractivity contribution in [3.05, 3.63) is 71.8 Å². The van der Waals surface area contributed by atoms with Crippen molar-refractivity contribution in [1.29, 1.82) is 0 Å². The largest absolute Gasteiger partial charge is 0.305 e. The van der Waals surface area contributed by atoms with Gasteiger partial charge in [-0.3, -0.25) is 14.7 Å². The molecule has 2 aromatic rings. The quantitative estimate of drug-likeness (QED) is 0.635. The fourth-order valence-corrected chi connectivity index (χ4v) is 3.54. The lowest BCUT2D eigenvalue weighted by atomic mass is 10.00. The molecule has 2 atom stereocenters. The molecule has 1 aliphatic heterocycles. The van der Waals surface area contributed by atoms with Crippen LogP contribution in [0.2, 0.25) is 0 Å². The average molecular weight is 362 g/mol. The minimum atomic E-state index is -0.0358. The molecule has 1 heterocycles. The van der Waals surface area contributed by atoms with E-state index in [0.717, 1.165) is 35.5 Å². The Morgan fingerprint density at radius 3 is 2.04 bits per heavy atom. The monoisotopic (exact) mass is 362 g/mol. The number of nitrogens with one attached hydrogen (secondary N) is 1. The fourth-order valence-electron chi connectivity index (χ4n) is 3.54. The van der Waals surface area contributed by atoms with Gasteiger partial charge in [-0.1, -0.05) is 60.7 Å². The van der Waals surface area contributed by atoms with Gasteiger partial charge in [-0.25, -0.2) is 0 Å². The zero-order chi connectivity index (χ0) is 19.2. The first-order valence-electron chi connectivity index (χ1n) is 9.22. The van der Waals surface area contributed by atoms with E-state index in [0.29, 0.717) is 0 Å². The number of likely N-dealkylation sites (N-methyl/N-ethyl adjacent to an activating group) is 1. The fraction of sp³-hybridized carbons (Fsp3) is 0.318. The molecule has 1 saturated heterocycles. The molecule has 0 radical (unpaired) electrons. The number of carbonyl (C=O) groups is 1. The summed E-state index contributed by atoms with van der Waals surface area (Å²) in [5.74, 6) is 0.203. The van der Waals surface area contributed by atoms with Gasteiger partial charge in [-0.15, -0.1) is 0 Å². The molecule has 0 aromatic heterocycles. The lowest BCUT2D eigenvalue weighted by molar-refractivity contribution is -0.120. The molecular weight excluding hydrogens is 336 g/mol. The van der Waals surface area contributed by atoms with E-state index in [-0.39, 0.29) is 17.9 Å². The summed E-state index contributed by atoms with van der Waals surface area (Å²) >= 11 is 0. The predicted octanol–water partition coefficient (Wildman–Crippen LogP) is 2.76. The maximum Gasteiger partial charge on any atom is 0.146 e. The van der Waals surface area contributed by atoms with Crippen molar-refractivity contribution in [3.63, 3.8) is 0 Å². The third-order valence-corrected chi connectivity index (χ3v) is 4.92. The number of Topliss-reactive ketones (excluding diaryl/α,β-unsaturated/α-hetero) is 1. The van der Waals surface area contributed by atoms with Gasteiger partial charge in [0.1, 0.15) is 11.5 Å². The maximum atomic E-state index is 11.8. The lowest BCUT2D eigenvalue weighted by Crippen LogP contribution is -2.31. The molecule has 0 spiro atoms. The summed E-state index contributed by atoms with van der Waals surface area (Å²) in [6.07, 6.45) is 0.765. The molecule has 27 heavy (non-hydrogen) atoms. The number of hydrazone groups is 1. The van der Waals surface area contributed by atoms with E-state index in [1.807, 2.05) is 67.7 Å². The smallest absolute Gasteiger partial charge is 0.146 e. The van der Waals surface area contributed by atoms with Crippen LogP contribution in [-0.4, -0.2) is 54.8 Å². The summed E-state index contributed by atoms with van der Waals surface area (Å²) < 4.78 is 0. The molecule has 3 rings (SSSR count). The Morgan fingerprint density at radius 2 is 1.56 bits per heavy atom. The van der Waals surface area contributed by atoms with E-state index in [9.17, 15) is 4.79 Å². The van der Waals surface area contributed by atoms with Crippen LogP contribution >= 0.6 is 0 Å². The Kier molecular flexibility index (Phi) is 6.14. The third kappa shape index (κ3) is 4.49. The summed E-state index contributed by atoms with van der Waals surface area (Å²) in [6.45, 7) is 2.44. The Balaban J connectivity index is 1.89. The van der Waals surface area contributed by atoms with Crippen molar-refractivity contribution >= 4 is 17.2 Å². The third-order valence-electron chi connectivity index (χ3n) is 4.92. The number of benzene rings is 2. The topological polar surface area (TPSA) is 57.1 Å². The van der Waals surface area contributed by atoms with E-state index in [2.05, 4.69) is 15.3 Å². The molecule has 5 heteroatoms. The standard InChI is InChI=1S/C22H26N4O/c1-16(27)20-14-19(15-26(20)3)24-25-22(18-12-8-5-9-13-18)21(23-2)17-10-6-4-7-11-17/h4-13,19-20,24H,14-15H2,1-3H3/b23-21-,25-22-/t19-,20?/m1/s1. The van der Waals surface area contributed by atoms with Crippen LogP contribution in [0.25, 0.3) is 0 Å². The Labute approximate surface area is 160 Å². The summed E-state index contributed by atoms with van der Waals surface area (Å²) in [5, 5.41) is 4.75. The van der Waals surface area contributed by atoms with Gasteiger partial charge < -0.3 is 5.43 Å².